The van der Waals surface area contributed by atoms with Gasteiger partial charge in [0.1, 0.15) is 0 Å². The van der Waals surface area contributed by atoms with Gasteiger partial charge in [0.05, 0.1) is 6.54 Å². The first-order chi connectivity index (χ1) is 9.01. The number of nitrogens with two attached hydrogens (primary N) is 1. The van der Waals surface area contributed by atoms with Crippen molar-refractivity contribution in [1.82, 2.24) is 15.5 Å². The molecule has 1 aliphatic rings. The van der Waals surface area contributed by atoms with Crippen molar-refractivity contribution in [3.8, 4) is 0 Å². The monoisotopic (exact) mass is 266 g/mol. The second-order valence-corrected chi connectivity index (χ2v) is 5.13. The Hall–Kier alpha value is -1.89. The minimum Gasteiger partial charge on any atom is -0.359 e. The van der Waals surface area contributed by atoms with Gasteiger partial charge in [0.15, 0.2) is 11.5 Å². The van der Waals surface area contributed by atoms with Crippen molar-refractivity contribution in [3.63, 3.8) is 0 Å². The van der Waals surface area contributed by atoms with Crippen LogP contribution in [-0.4, -0.2) is 28.4 Å². The zero-order valence-electron chi connectivity index (χ0n) is 11.0. The summed E-state index contributed by atoms with van der Waals surface area (Å²) in [6, 6.07) is 1.50. The van der Waals surface area contributed by atoms with Gasteiger partial charge in [-0.3, -0.25) is 15.0 Å². The lowest BCUT2D eigenvalue weighted by molar-refractivity contribution is -0.128. The number of likely N-dealkylation sites (tertiary alicyclic amines) is 1. The Bertz CT molecular complexity index is 483. The Labute approximate surface area is 111 Å². The Kier molecular flexibility index (Phi) is 3.84. The molecule has 1 aliphatic heterocycles. The van der Waals surface area contributed by atoms with Gasteiger partial charge in [-0.2, -0.15) is 0 Å². The number of nitrogen functional groups attached to an aromatic ring is 1. The molecule has 0 bridgehead atoms. The summed E-state index contributed by atoms with van der Waals surface area (Å²) in [5, 5.41) is 3.60. The molecular weight excluding hydrogens is 248 g/mol. The average Bonchev–Trinajstić information content (AvgIpc) is 2.97. The standard InChI is InChI=1S/C12H18N4O3/c1-7(2)8-3-11(17)16(5-8)6-9-4-10(15-19-9)12(18)14-13/h4,7-8H,3,5-6,13H2,1-2H3,(H,14,18). The van der Waals surface area contributed by atoms with Crippen molar-refractivity contribution in [2.24, 2.45) is 17.7 Å². The second-order valence-electron chi connectivity index (χ2n) is 5.13. The predicted octanol–water partition coefficient (Wildman–Crippen LogP) is 0.283. The van der Waals surface area contributed by atoms with E-state index < -0.39 is 5.91 Å². The first-order valence-electron chi connectivity index (χ1n) is 6.25. The van der Waals surface area contributed by atoms with Crippen LogP contribution in [0.4, 0.5) is 0 Å². The molecule has 7 heteroatoms. The van der Waals surface area contributed by atoms with E-state index in [-0.39, 0.29) is 11.6 Å². The Morgan fingerprint density at radius 1 is 1.68 bits per heavy atom. The molecule has 1 aromatic heterocycles. The predicted molar refractivity (Wildman–Crippen MR) is 66.5 cm³/mol. The number of nitrogens with zero attached hydrogens (tertiary/aromatic N) is 2. The van der Waals surface area contributed by atoms with E-state index in [0.29, 0.717) is 30.6 Å². The topological polar surface area (TPSA) is 101 Å². The number of carbonyl (C=O) groups excluding carboxylic acids is 2. The fourth-order valence-corrected chi connectivity index (χ4v) is 2.16. The van der Waals surface area contributed by atoms with Crippen LogP contribution in [0, 0.1) is 11.8 Å². The zero-order valence-corrected chi connectivity index (χ0v) is 11.0. The molecule has 19 heavy (non-hydrogen) atoms. The van der Waals surface area contributed by atoms with Crippen LogP contribution in [0.15, 0.2) is 10.6 Å². The quantitative estimate of drug-likeness (QED) is 0.463. The molecule has 2 rings (SSSR count). The summed E-state index contributed by atoms with van der Waals surface area (Å²) in [4.78, 5) is 24.8. The Morgan fingerprint density at radius 2 is 2.42 bits per heavy atom. The van der Waals surface area contributed by atoms with Gasteiger partial charge in [0, 0.05) is 19.0 Å². The molecule has 1 saturated heterocycles. The molecule has 3 N–H and O–H groups in total. The summed E-state index contributed by atoms with van der Waals surface area (Å²) in [7, 11) is 0. The third-order valence-electron chi connectivity index (χ3n) is 3.46. The first kappa shape index (κ1) is 13.5. The molecule has 7 nitrogen and oxygen atoms in total. The van der Waals surface area contributed by atoms with Crippen LogP contribution in [-0.2, 0) is 11.3 Å². The molecule has 1 atom stereocenters. The van der Waals surface area contributed by atoms with Gasteiger partial charge >= 0.3 is 0 Å². The summed E-state index contributed by atoms with van der Waals surface area (Å²) < 4.78 is 5.03. The molecule has 0 radical (unpaired) electrons. The van der Waals surface area contributed by atoms with Crippen molar-refractivity contribution in [1.29, 1.82) is 0 Å². The maximum absolute atomic E-state index is 11.9. The maximum Gasteiger partial charge on any atom is 0.287 e. The molecule has 104 valence electrons. The second kappa shape index (κ2) is 5.40. The molecule has 0 aromatic carbocycles. The number of rotatable bonds is 4. The van der Waals surface area contributed by atoms with E-state index in [1.807, 2.05) is 5.43 Å². The Morgan fingerprint density at radius 3 is 3.00 bits per heavy atom. The summed E-state index contributed by atoms with van der Waals surface area (Å²) in [6.45, 7) is 5.28. The highest BCUT2D eigenvalue weighted by molar-refractivity contribution is 5.91. The molecule has 1 unspecified atom stereocenters. The van der Waals surface area contributed by atoms with E-state index in [9.17, 15) is 9.59 Å². The maximum atomic E-state index is 11.9. The van der Waals surface area contributed by atoms with Crippen LogP contribution in [0.1, 0.15) is 36.5 Å². The van der Waals surface area contributed by atoms with Crippen molar-refractivity contribution in [2.45, 2.75) is 26.8 Å². The van der Waals surface area contributed by atoms with Gasteiger partial charge in [-0.05, 0) is 11.8 Å². The van der Waals surface area contributed by atoms with E-state index in [0.717, 1.165) is 6.54 Å². The normalized spacial score (nSPS) is 19.3. The fourth-order valence-electron chi connectivity index (χ4n) is 2.16. The fraction of sp³-hybridized carbons (Fsp3) is 0.583. The van der Waals surface area contributed by atoms with Crippen LogP contribution in [0.3, 0.4) is 0 Å². The number of amides is 2. The van der Waals surface area contributed by atoms with E-state index in [1.54, 1.807) is 4.90 Å². The lowest BCUT2D eigenvalue weighted by Gasteiger charge is -2.16. The van der Waals surface area contributed by atoms with E-state index in [1.165, 1.54) is 6.07 Å². The lowest BCUT2D eigenvalue weighted by Crippen LogP contribution is -2.30. The van der Waals surface area contributed by atoms with Crippen molar-refractivity contribution < 1.29 is 14.1 Å². The van der Waals surface area contributed by atoms with Crippen LogP contribution in [0.2, 0.25) is 0 Å². The zero-order chi connectivity index (χ0) is 14.0. The van der Waals surface area contributed by atoms with E-state index >= 15 is 0 Å². The molecule has 0 aliphatic carbocycles. The Balaban J connectivity index is 2.00. The van der Waals surface area contributed by atoms with E-state index in [2.05, 4.69) is 19.0 Å². The third kappa shape index (κ3) is 2.93. The number of hydrogen-bond acceptors (Lipinski definition) is 5. The molecular formula is C12H18N4O3. The first-order valence-corrected chi connectivity index (χ1v) is 6.25. The number of hydrogen-bond donors (Lipinski definition) is 2. The SMILES string of the molecule is CC(C)C1CC(=O)N(Cc2cc(C(=O)NN)no2)C1. The van der Waals surface area contributed by atoms with E-state index in [4.69, 9.17) is 10.4 Å². The van der Waals surface area contributed by atoms with Gasteiger partial charge in [0.2, 0.25) is 5.91 Å². The largest absolute Gasteiger partial charge is 0.359 e. The van der Waals surface area contributed by atoms with Crippen LogP contribution >= 0.6 is 0 Å². The minimum atomic E-state index is -0.511. The third-order valence-corrected chi connectivity index (χ3v) is 3.46. The van der Waals surface area contributed by atoms with Crippen LogP contribution in [0.25, 0.3) is 0 Å². The van der Waals surface area contributed by atoms with Crippen LogP contribution in [0.5, 0.6) is 0 Å². The van der Waals surface area contributed by atoms with Crippen LogP contribution < -0.4 is 11.3 Å². The summed E-state index contributed by atoms with van der Waals surface area (Å²) >= 11 is 0. The lowest BCUT2D eigenvalue weighted by atomic mass is 9.95. The van der Waals surface area contributed by atoms with Gasteiger partial charge in [0.25, 0.3) is 5.91 Å². The summed E-state index contributed by atoms with van der Waals surface area (Å²) in [5.41, 5.74) is 2.09. The number of hydrazine groups is 1. The van der Waals surface area contributed by atoms with Crippen molar-refractivity contribution in [2.75, 3.05) is 6.54 Å². The van der Waals surface area contributed by atoms with Crippen molar-refractivity contribution >= 4 is 11.8 Å². The highest BCUT2D eigenvalue weighted by Crippen LogP contribution is 2.26. The summed E-state index contributed by atoms with van der Waals surface area (Å²) in [6.07, 6.45) is 0.571. The minimum absolute atomic E-state index is 0.111. The molecule has 0 spiro atoms. The molecule has 2 amide bonds. The van der Waals surface area contributed by atoms with Gasteiger partial charge in [-0.15, -0.1) is 0 Å². The highest BCUT2D eigenvalue weighted by atomic mass is 16.5. The van der Waals surface area contributed by atoms with Gasteiger partial charge < -0.3 is 9.42 Å². The molecule has 1 aromatic rings. The van der Waals surface area contributed by atoms with Crippen molar-refractivity contribution in [3.05, 3.63) is 17.5 Å². The highest BCUT2D eigenvalue weighted by Gasteiger charge is 2.32. The van der Waals surface area contributed by atoms with Gasteiger partial charge in [-0.1, -0.05) is 19.0 Å². The van der Waals surface area contributed by atoms with Gasteiger partial charge in [-0.25, -0.2) is 5.84 Å². The number of carbonyl (C=O) groups is 2. The molecule has 1 fully saturated rings. The number of nitrogens with one attached hydrogen (secondary N) is 1. The smallest absolute Gasteiger partial charge is 0.287 e. The summed E-state index contributed by atoms with van der Waals surface area (Å²) in [5.74, 6) is 5.94. The molecule has 2 heterocycles. The average molecular weight is 266 g/mol. The molecule has 0 saturated carbocycles. The number of aromatic nitrogens is 1.